The summed E-state index contributed by atoms with van der Waals surface area (Å²) in [7, 11) is 0. The van der Waals surface area contributed by atoms with Gasteiger partial charge < -0.3 is 20.6 Å². The molecule has 0 heterocycles. The van der Waals surface area contributed by atoms with Crippen molar-refractivity contribution in [2.75, 3.05) is 13.1 Å². The van der Waals surface area contributed by atoms with Crippen molar-refractivity contribution in [3.8, 4) is 0 Å². The van der Waals surface area contributed by atoms with E-state index < -0.39 is 18.0 Å². The normalized spacial score (nSPS) is 12.4. The fourth-order valence-corrected chi connectivity index (χ4v) is 0.738. The molecule has 0 aliphatic rings. The van der Waals surface area contributed by atoms with Crippen LogP contribution in [0, 0.1) is 0 Å². The second-order valence-electron chi connectivity index (χ2n) is 2.61. The lowest BCUT2D eigenvalue weighted by Gasteiger charge is -2.08. The van der Waals surface area contributed by atoms with E-state index in [1.807, 2.05) is 0 Å². The number of aliphatic hydroxyl groups is 1. The Morgan fingerprint density at radius 3 is 2.31 bits per heavy atom. The summed E-state index contributed by atoms with van der Waals surface area (Å²) in [6.07, 6.45) is -0.798. The Balaban J connectivity index is 3.35. The van der Waals surface area contributed by atoms with Crippen LogP contribution in [0.5, 0.6) is 0 Å². The van der Waals surface area contributed by atoms with Gasteiger partial charge in [-0.2, -0.15) is 0 Å². The molecule has 0 aromatic heterocycles. The molecule has 6 heteroatoms. The highest BCUT2D eigenvalue weighted by Gasteiger charge is 2.07. The Morgan fingerprint density at radius 2 is 1.85 bits per heavy atom. The first-order chi connectivity index (χ1) is 6.02. The van der Waals surface area contributed by atoms with Crippen molar-refractivity contribution in [1.29, 1.82) is 0 Å². The maximum atomic E-state index is 10.1. The Morgan fingerprint density at radius 1 is 1.23 bits per heavy atom. The SMILES string of the molecule is O=C(O)CCC(O)CNCC(=O)O. The van der Waals surface area contributed by atoms with Gasteiger partial charge >= 0.3 is 11.9 Å². The van der Waals surface area contributed by atoms with Gasteiger partial charge in [0.05, 0.1) is 12.6 Å². The molecule has 0 spiro atoms. The van der Waals surface area contributed by atoms with Crippen LogP contribution in [0.15, 0.2) is 0 Å². The molecule has 0 rings (SSSR count). The van der Waals surface area contributed by atoms with Crippen molar-refractivity contribution >= 4 is 11.9 Å². The average molecular weight is 191 g/mol. The maximum absolute atomic E-state index is 10.1. The number of aliphatic hydroxyl groups excluding tert-OH is 1. The van der Waals surface area contributed by atoms with Gasteiger partial charge in [0.2, 0.25) is 0 Å². The number of rotatable bonds is 7. The van der Waals surface area contributed by atoms with E-state index in [-0.39, 0.29) is 25.9 Å². The van der Waals surface area contributed by atoms with Crippen LogP contribution in [-0.4, -0.2) is 46.5 Å². The molecular formula is C7H13NO5. The molecule has 0 aromatic carbocycles. The van der Waals surface area contributed by atoms with E-state index in [0.29, 0.717) is 0 Å². The molecule has 0 aliphatic heterocycles. The highest BCUT2D eigenvalue weighted by atomic mass is 16.4. The van der Waals surface area contributed by atoms with E-state index in [2.05, 4.69) is 5.32 Å². The molecule has 0 amide bonds. The molecule has 0 fully saturated rings. The molecule has 0 aliphatic carbocycles. The van der Waals surface area contributed by atoms with Crippen molar-refractivity contribution < 1.29 is 24.9 Å². The number of aliphatic carboxylic acids is 2. The molecule has 0 radical (unpaired) electrons. The van der Waals surface area contributed by atoms with Gasteiger partial charge in [0.1, 0.15) is 0 Å². The van der Waals surface area contributed by atoms with Crippen LogP contribution in [0.1, 0.15) is 12.8 Å². The smallest absolute Gasteiger partial charge is 0.317 e. The van der Waals surface area contributed by atoms with Gasteiger partial charge in [0, 0.05) is 13.0 Å². The quantitative estimate of drug-likeness (QED) is 0.406. The first-order valence-electron chi connectivity index (χ1n) is 3.84. The zero-order valence-corrected chi connectivity index (χ0v) is 7.06. The van der Waals surface area contributed by atoms with Gasteiger partial charge in [0.25, 0.3) is 0 Å². The van der Waals surface area contributed by atoms with Crippen molar-refractivity contribution in [2.24, 2.45) is 0 Å². The number of carbonyl (C=O) groups is 2. The Hall–Kier alpha value is -1.14. The minimum Gasteiger partial charge on any atom is -0.481 e. The van der Waals surface area contributed by atoms with Crippen LogP contribution in [-0.2, 0) is 9.59 Å². The van der Waals surface area contributed by atoms with Crippen LogP contribution >= 0.6 is 0 Å². The molecule has 0 saturated carbocycles. The zero-order valence-electron chi connectivity index (χ0n) is 7.06. The first kappa shape index (κ1) is 11.9. The van der Waals surface area contributed by atoms with Crippen LogP contribution in [0.25, 0.3) is 0 Å². The van der Waals surface area contributed by atoms with E-state index >= 15 is 0 Å². The second-order valence-corrected chi connectivity index (χ2v) is 2.61. The van der Waals surface area contributed by atoms with Crippen molar-refractivity contribution in [3.63, 3.8) is 0 Å². The zero-order chi connectivity index (χ0) is 10.3. The first-order valence-corrected chi connectivity index (χ1v) is 3.84. The Bertz CT molecular complexity index is 182. The van der Waals surface area contributed by atoms with Gasteiger partial charge in [-0.1, -0.05) is 0 Å². The van der Waals surface area contributed by atoms with Gasteiger partial charge in [-0.25, -0.2) is 0 Å². The van der Waals surface area contributed by atoms with Crippen molar-refractivity contribution in [1.82, 2.24) is 5.32 Å². The summed E-state index contributed by atoms with van der Waals surface area (Å²) in [4.78, 5) is 20.1. The summed E-state index contributed by atoms with van der Waals surface area (Å²) >= 11 is 0. The number of carboxylic acid groups (broad SMARTS) is 2. The standard InChI is InChI=1S/C7H13NO5/c9-5(1-2-6(10)11)3-8-4-7(12)13/h5,8-9H,1-4H2,(H,10,11)(H,12,13). The third-order valence-electron chi connectivity index (χ3n) is 1.35. The molecule has 0 bridgehead atoms. The lowest BCUT2D eigenvalue weighted by atomic mass is 10.2. The number of nitrogens with one attached hydrogen (secondary N) is 1. The molecule has 1 atom stereocenters. The highest BCUT2D eigenvalue weighted by Crippen LogP contribution is 1.95. The molecule has 0 saturated heterocycles. The Kier molecular flexibility index (Phi) is 5.82. The van der Waals surface area contributed by atoms with Gasteiger partial charge in [0.15, 0.2) is 0 Å². The highest BCUT2D eigenvalue weighted by molar-refractivity contribution is 5.69. The van der Waals surface area contributed by atoms with Crippen molar-refractivity contribution in [3.05, 3.63) is 0 Å². The summed E-state index contributed by atoms with van der Waals surface area (Å²) in [5, 5.41) is 28.0. The molecule has 4 N–H and O–H groups in total. The molecular weight excluding hydrogens is 178 g/mol. The summed E-state index contributed by atoms with van der Waals surface area (Å²) in [6, 6.07) is 0. The number of hydrogen-bond acceptors (Lipinski definition) is 4. The predicted molar refractivity (Wildman–Crippen MR) is 43.4 cm³/mol. The predicted octanol–water partition coefficient (Wildman–Crippen LogP) is -1.11. The third-order valence-corrected chi connectivity index (χ3v) is 1.35. The number of hydrogen-bond donors (Lipinski definition) is 4. The fourth-order valence-electron chi connectivity index (χ4n) is 0.738. The minimum absolute atomic E-state index is 0.0968. The van der Waals surface area contributed by atoms with E-state index in [9.17, 15) is 9.59 Å². The summed E-state index contributed by atoms with van der Waals surface area (Å²) < 4.78 is 0. The fraction of sp³-hybridized carbons (Fsp3) is 0.714. The molecule has 13 heavy (non-hydrogen) atoms. The topological polar surface area (TPSA) is 107 Å². The van der Waals surface area contributed by atoms with Gasteiger partial charge in [-0.15, -0.1) is 0 Å². The maximum Gasteiger partial charge on any atom is 0.317 e. The van der Waals surface area contributed by atoms with Gasteiger partial charge in [-0.3, -0.25) is 9.59 Å². The molecule has 6 nitrogen and oxygen atoms in total. The van der Waals surface area contributed by atoms with Crippen LogP contribution in [0.4, 0.5) is 0 Å². The third kappa shape index (κ3) is 8.77. The molecule has 76 valence electrons. The van der Waals surface area contributed by atoms with E-state index in [1.165, 1.54) is 0 Å². The van der Waals surface area contributed by atoms with E-state index in [4.69, 9.17) is 15.3 Å². The van der Waals surface area contributed by atoms with Crippen LogP contribution in [0.2, 0.25) is 0 Å². The monoisotopic (exact) mass is 191 g/mol. The molecule has 0 aromatic rings. The molecule has 1 unspecified atom stereocenters. The van der Waals surface area contributed by atoms with Crippen molar-refractivity contribution in [2.45, 2.75) is 18.9 Å². The number of carboxylic acids is 2. The van der Waals surface area contributed by atoms with Crippen LogP contribution in [0.3, 0.4) is 0 Å². The average Bonchev–Trinajstić information content (AvgIpc) is 2.00. The Labute approximate surface area is 75.2 Å². The van der Waals surface area contributed by atoms with Gasteiger partial charge in [-0.05, 0) is 6.42 Å². The summed E-state index contributed by atoms with van der Waals surface area (Å²) in [5.74, 6) is -1.98. The lowest BCUT2D eigenvalue weighted by Crippen LogP contribution is -2.31. The second kappa shape index (κ2) is 6.38. The minimum atomic E-state index is -1.01. The summed E-state index contributed by atoms with van der Waals surface area (Å²) in [6.45, 7) is -0.135. The lowest BCUT2D eigenvalue weighted by molar-refractivity contribution is -0.138. The van der Waals surface area contributed by atoms with E-state index in [0.717, 1.165) is 0 Å². The largest absolute Gasteiger partial charge is 0.481 e. The summed E-state index contributed by atoms with van der Waals surface area (Å²) in [5.41, 5.74) is 0. The van der Waals surface area contributed by atoms with Crippen LogP contribution < -0.4 is 5.32 Å². The van der Waals surface area contributed by atoms with E-state index in [1.54, 1.807) is 0 Å².